The maximum Gasteiger partial charge on any atom is 0.208 e. The number of hydrogen-bond acceptors (Lipinski definition) is 4. The van der Waals surface area contributed by atoms with E-state index in [2.05, 4.69) is 38.8 Å². The molecular weight excluding hydrogens is 286 g/mol. The van der Waals surface area contributed by atoms with Crippen LogP contribution in [0.5, 0.6) is 0 Å². The lowest BCUT2D eigenvalue weighted by Gasteiger charge is -2.34. The Balaban J connectivity index is 1.62. The summed E-state index contributed by atoms with van der Waals surface area (Å²) in [7, 11) is -3.05. The summed E-state index contributed by atoms with van der Waals surface area (Å²) in [6, 6.07) is 10.6. The van der Waals surface area contributed by atoms with E-state index in [1.807, 2.05) is 6.07 Å². The van der Waals surface area contributed by atoms with Crippen LogP contribution in [0.4, 0.5) is 0 Å². The summed E-state index contributed by atoms with van der Waals surface area (Å²) in [5, 5.41) is 0. The fourth-order valence-corrected chi connectivity index (χ4v) is 3.09. The monoisotopic (exact) mass is 311 g/mol. The van der Waals surface area contributed by atoms with Crippen molar-refractivity contribution in [2.45, 2.75) is 13.0 Å². The number of hydrogen-bond donors (Lipinski definition) is 1. The molecule has 5 nitrogen and oxygen atoms in total. The summed E-state index contributed by atoms with van der Waals surface area (Å²) in [6.07, 6.45) is 2.07. The first-order chi connectivity index (χ1) is 10.0. The summed E-state index contributed by atoms with van der Waals surface area (Å²) in [5.41, 5.74) is 1.36. The van der Waals surface area contributed by atoms with Crippen LogP contribution in [-0.2, 0) is 16.6 Å². The van der Waals surface area contributed by atoms with Crippen LogP contribution in [0.25, 0.3) is 0 Å². The smallest absolute Gasteiger partial charge is 0.208 e. The molecule has 1 aromatic carbocycles. The van der Waals surface area contributed by atoms with Gasteiger partial charge in [-0.05, 0) is 18.5 Å². The van der Waals surface area contributed by atoms with E-state index in [0.717, 1.165) is 45.7 Å². The predicted octanol–water partition coefficient (Wildman–Crippen LogP) is 0.744. The van der Waals surface area contributed by atoms with Crippen molar-refractivity contribution in [1.29, 1.82) is 0 Å². The van der Waals surface area contributed by atoms with E-state index in [1.165, 1.54) is 11.8 Å². The number of piperazine rings is 1. The van der Waals surface area contributed by atoms with E-state index in [9.17, 15) is 8.42 Å². The molecule has 0 amide bonds. The zero-order valence-electron chi connectivity index (χ0n) is 12.7. The topological polar surface area (TPSA) is 52.7 Å². The second-order valence-corrected chi connectivity index (χ2v) is 7.46. The van der Waals surface area contributed by atoms with Crippen molar-refractivity contribution >= 4 is 10.0 Å². The number of nitrogens with one attached hydrogen (secondary N) is 1. The number of sulfonamides is 1. The molecule has 6 heteroatoms. The van der Waals surface area contributed by atoms with Gasteiger partial charge in [0.1, 0.15) is 0 Å². The Labute approximate surface area is 128 Å². The van der Waals surface area contributed by atoms with Crippen LogP contribution < -0.4 is 4.72 Å². The van der Waals surface area contributed by atoms with Crippen LogP contribution in [0.1, 0.15) is 12.0 Å². The Bertz CT molecular complexity index is 511. The fraction of sp³-hybridized carbons (Fsp3) is 0.600. The molecule has 1 aromatic rings. The van der Waals surface area contributed by atoms with E-state index in [0.29, 0.717) is 6.54 Å². The van der Waals surface area contributed by atoms with Gasteiger partial charge in [0, 0.05) is 39.3 Å². The van der Waals surface area contributed by atoms with Crippen molar-refractivity contribution < 1.29 is 8.42 Å². The Morgan fingerprint density at radius 3 is 2.29 bits per heavy atom. The maximum atomic E-state index is 11.0. The van der Waals surface area contributed by atoms with Gasteiger partial charge in [-0.1, -0.05) is 30.3 Å². The molecule has 1 fully saturated rings. The van der Waals surface area contributed by atoms with E-state index in [1.54, 1.807) is 0 Å². The van der Waals surface area contributed by atoms with Gasteiger partial charge in [-0.15, -0.1) is 0 Å². The first-order valence-corrected chi connectivity index (χ1v) is 9.35. The van der Waals surface area contributed by atoms with Gasteiger partial charge in [-0.2, -0.15) is 0 Å². The Hall–Kier alpha value is -0.950. The van der Waals surface area contributed by atoms with E-state index in [-0.39, 0.29) is 0 Å². The molecular formula is C15H25N3O2S. The van der Waals surface area contributed by atoms with E-state index < -0.39 is 10.0 Å². The molecule has 1 saturated heterocycles. The molecule has 1 aliphatic rings. The van der Waals surface area contributed by atoms with Gasteiger partial charge in [0.15, 0.2) is 0 Å². The minimum absolute atomic E-state index is 0.531. The lowest BCUT2D eigenvalue weighted by atomic mass is 10.2. The summed E-state index contributed by atoms with van der Waals surface area (Å²) in [4.78, 5) is 4.88. The summed E-state index contributed by atoms with van der Waals surface area (Å²) in [6.45, 7) is 6.79. The zero-order valence-corrected chi connectivity index (χ0v) is 13.5. The summed E-state index contributed by atoms with van der Waals surface area (Å²) in [5.74, 6) is 0. The third-order valence-electron chi connectivity index (χ3n) is 3.73. The van der Waals surface area contributed by atoms with Crippen molar-refractivity contribution in [2.75, 3.05) is 45.5 Å². The SMILES string of the molecule is CS(=O)(=O)NCCCN1CCN(Cc2ccccc2)CC1. The van der Waals surface area contributed by atoms with Gasteiger partial charge in [0.05, 0.1) is 6.26 Å². The first kappa shape index (κ1) is 16.4. The van der Waals surface area contributed by atoms with Gasteiger partial charge < -0.3 is 4.90 Å². The van der Waals surface area contributed by atoms with E-state index >= 15 is 0 Å². The molecule has 2 rings (SSSR count). The molecule has 118 valence electrons. The highest BCUT2D eigenvalue weighted by molar-refractivity contribution is 7.88. The van der Waals surface area contributed by atoms with Gasteiger partial charge in [-0.3, -0.25) is 4.90 Å². The average Bonchev–Trinajstić information content (AvgIpc) is 2.45. The van der Waals surface area contributed by atoms with Crippen LogP contribution in [0.2, 0.25) is 0 Å². The van der Waals surface area contributed by atoms with Gasteiger partial charge in [0.2, 0.25) is 10.0 Å². The van der Waals surface area contributed by atoms with Crippen LogP contribution in [0.3, 0.4) is 0 Å². The molecule has 0 radical (unpaired) electrons. The molecule has 21 heavy (non-hydrogen) atoms. The van der Waals surface area contributed by atoms with Crippen LogP contribution in [0, 0.1) is 0 Å². The Kier molecular flexibility index (Phi) is 6.17. The predicted molar refractivity (Wildman–Crippen MR) is 85.6 cm³/mol. The standard InChI is InChI=1S/C15H25N3O2S/c1-21(19,20)16-8-5-9-17-10-12-18(13-11-17)14-15-6-3-2-4-7-15/h2-4,6-7,16H,5,8-14H2,1H3. The van der Waals surface area contributed by atoms with Crippen molar-refractivity contribution in [1.82, 2.24) is 14.5 Å². The van der Waals surface area contributed by atoms with Crippen LogP contribution in [-0.4, -0.2) is 63.7 Å². The number of rotatable bonds is 7. The van der Waals surface area contributed by atoms with Gasteiger partial charge in [0.25, 0.3) is 0 Å². The van der Waals surface area contributed by atoms with Crippen molar-refractivity contribution in [2.24, 2.45) is 0 Å². The molecule has 0 atom stereocenters. The molecule has 1 aliphatic heterocycles. The maximum absolute atomic E-state index is 11.0. The second kappa shape index (κ2) is 7.89. The largest absolute Gasteiger partial charge is 0.301 e. The molecule has 0 saturated carbocycles. The fourth-order valence-electron chi connectivity index (χ4n) is 2.57. The third-order valence-corrected chi connectivity index (χ3v) is 4.46. The first-order valence-electron chi connectivity index (χ1n) is 7.46. The zero-order chi connectivity index (χ0) is 15.1. The minimum atomic E-state index is -3.05. The number of nitrogens with zero attached hydrogens (tertiary/aromatic N) is 2. The molecule has 0 aromatic heterocycles. The molecule has 1 N–H and O–H groups in total. The van der Waals surface area contributed by atoms with Crippen LogP contribution >= 0.6 is 0 Å². The number of benzene rings is 1. The minimum Gasteiger partial charge on any atom is -0.301 e. The quantitative estimate of drug-likeness (QED) is 0.755. The summed E-state index contributed by atoms with van der Waals surface area (Å²) < 4.78 is 24.5. The van der Waals surface area contributed by atoms with Gasteiger partial charge >= 0.3 is 0 Å². The Morgan fingerprint density at radius 2 is 1.67 bits per heavy atom. The van der Waals surface area contributed by atoms with Crippen LogP contribution in [0.15, 0.2) is 30.3 Å². The Morgan fingerprint density at radius 1 is 1.05 bits per heavy atom. The summed E-state index contributed by atoms with van der Waals surface area (Å²) >= 11 is 0. The molecule has 0 spiro atoms. The average molecular weight is 311 g/mol. The van der Waals surface area contributed by atoms with Crippen molar-refractivity contribution in [3.8, 4) is 0 Å². The molecule has 1 heterocycles. The van der Waals surface area contributed by atoms with Crippen molar-refractivity contribution in [3.05, 3.63) is 35.9 Å². The molecule has 0 unspecified atom stereocenters. The van der Waals surface area contributed by atoms with Crippen molar-refractivity contribution in [3.63, 3.8) is 0 Å². The highest BCUT2D eigenvalue weighted by atomic mass is 32.2. The van der Waals surface area contributed by atoms with E-state index in [4.69, 9.17) is 0 Å². The second-order valence-electron chi connectivity index (χ2n) is 5.62. The highest BCUT2D eigenvalue weighted by Crippen LogP contribution is 2.08. The highest BCUT2D eigenvalue weighted by Gasteiger charge is 2.16. The molecule has 0 bridgehead atoms. The lowest BCUT2D eigenvalue weighted by molar-refractivity contribution is 0.126. The lowest BCUT2D eigenvalue weighted by Crippen LogP contribution is -2.46. The van der Waals surface area contributed by atoms with Gasteiger partial charge in [-0.25, -0.2) is 13.1 Å². The normalized spacial score (nSPS) is 18.0. The molecule has 0 aliphatic carbocycles. The third kappa shape index (κ3) is 6.56.